The van der Waals surface area contributed by atoms with Crippen molar-refractivity contribution in [1.82, 2.24) is 9.47 Å². The molecular formula is C30H29FN2O3. The van der Waals surface area contributed by atoms with Gasteiger partial charge in [-0.15, -0.1) is 0 Å². The monoisotopic (exact) mass is 484 g/mol. The van der Waals surface area contributed by atoms with Crippen molar-refractivity contribution in [2.24, 2.45) is 0 Å². The summed E-state index contributed by atoms with van der Waals surface area (Å²) in [5.41, 5.74) is 5.99. The molecule has 6 heteroatoms. The topological polar surface area (TPSA) is 54.7 Å². The van der Waals surface area contributed by atoms with Crippen LogP contribution in [0.5, 0.6) is 11.5 Å². The van der Waals surface area contributed by atoms with E-state index in [-0.39, 0.29) is 17.1 Å². The van der Waals surface area contributed by atoms with Gasteiger partial charge in [0.2, 0.25) is 0 Å². The van der Waals surface area contributed by atoms with Crippen LogP contribution in [-0.4, -0.2) is 28.2 Å². The standard InChI is InChI=1S/C30H29FN2O3/c1-36-29-16-23(9-12-28(29)34)18-32-14-13-27-25(20-32)17-24(15-21-5-3-2-4-6-21)30(35)33(27)19-22-7-10-26(31)11-8-22/h2-12,16-17,34H,13-15,18-20H2,1H3. The molecule has 36 heavy (non-hydrogen) atoms. The number of rotatable bonds is 7. The van der Waals surface area contributed by atoms with Crippen molar-refractivity contribution in [2.75, 3.05) is 13.7 Å². The van der Waals surface area contributed by atoms with E-state index in [4.69, 9.17) is 4.74 Å². The first-order valence-corrected chi connectivity index (χ1v) is 12.1. The molecule has 0 saturated carbocycles. The third-order valence-electron chi connectivity index (χ3n) is 6.77. The molecule has 0 saturated heterocycles. The van der Waals surface area contributed by atoms with Crippen LogP contribution in [0.25, 0.3) is 0 Å². The molecule has 5 rings (SSSR count). The summed E-state index contributed by atoms with van der Waals surface area (Å²) in [4.78, 5) is 16.0. The van der Waals surface area contributed by atoms with Crippen LogP contribution < -0.4 is 10.3 Å². The molecule has 1 aromatic heterocycles. The number of aromatic hydroxyl groups is 1. The van der Waals surface area contributed by atoms with Crippen LogP contribution in [0.1, 0.15) is 33.5 Å². The Bertz CT molecular complexity index is 1420. The summed E-state index contributed by atoms with van der Waals surface area (Å²) >= 11 is 0. The lowest BCUT2D eigenvalue weighted by Crippen LogP contribution is -2.37. The summed E-state index contributed by atoms with van der Waals surface area (Å²) in [7, 11) is 1.55. The Morgan fingerprint density at radius 2 is 1.67 bits per heavy atom. The number of fused-ring (bicyclic) bond motifs is 1. The van der Waals surface area contributed by atoms with E-state index < -0.39 is 0 Å². The molecule has 4 aromatic rings. The van der Waals surface area contributed by atoms with Crippen molar-refractivity contribution in [1.29, 1.82) is 0 Å². The Balaban J connectivity index is 1.48. The normalized spacial score (nSPS) is 13.4. The van der Waals surface area contributed by atoms with Crippen LogP contribution in [0, 0.1) is 5.82 Å². The molecule has 0 aliphatic carbocycles. The predicted molar refractivity (Wildman–Crippen MR) is 138 cm³/mol. The maximum atomic E-state index is 13.6. The van der Waals surface area contributed by atoms with Crippen LogP contribution in [-0.2, 0) is 32.5 Å². The minimum atomic E-state index is -0.285. The molecular weight excluding hydrogens is 455 g/mol. The number of phenolic OH excluding ortho intramolecular Hbond substituents is 1. The summed E-state index contributed by atoms with van der Waals surface area (Å²) in [6, 6.07) is 23.9. The Hall–Kier alpha value is -3.90. The minimum absolute atomic E-state index is 0.0126. The zero-order chi connectivity index (χ0) is 25.1. The summed E-state index contributed by atoms with van der Waals surface area (Å²) in [6.45, 7) is 2.64. The second-order valence-corrected chi connectivity index (χ2v) is 9.29. The van der Waals surface area contributed by atoms with Gasteiger partial charge < -0.3 is 14.4 Å². The third kappa shape index (κ3) is 5.19. The fourth-order valence-corrected chi connectivity index (χ4v) is 4.94. The van der Waals surface area contributed by atoms with E-state index in [9.17, 15) is 14.3 Å². The molecule has 0 atom stereocenters. The summed E-state index contributed by atoms with van der Waals surface area (Å²) < 4.78 is 20.6. The molecule has 1 N–H and O–H groups in total. The van der Waals surface area contributed by atoms with Gasteiger partial charge in [-0.05, 0) is 52.6 Å². The van der Waals surface area contributed by atoms with E-state index in [1.165, 1.54) is 12.1 Å². The number of ether oxygens (including phenoxy) is 1. The molecule has 0 amide bonds. The van der Waals surface area contributed by atoms with Gasteiger partial charge in [-0.25, -0.2) is 4.39 Å². The molecule has 1 aliphatic rings. The summed E-state index contributed by atoms with van der Waals surface area (Å²) in [5.74, 6) is 0.302. The molecule has 3 aromatic carbocycles. The molecule has 1 aliphatic heterocycles. The van der Waals surface area contributed by atoms with Gasteiger partial charge in [0, 0.05) is 43.7 Å². The molecule has 0 unspecified atom stereocenters. The number of hydrogen-bond acceptors (Lipinski definition) is 4. The molecule has 0 radical (unpaired) electrons. The van der Waals surface area contributed by atoms with E-state index in [0.29, 0.717) is 31.8 Å². The Kier molecular flexibility index (Phi) is 6.87. The number of phenols is 1. The van der Waals surface area contributed by atoms with Crippen LogP contribution in [0.2, 0.25) is 0 Å². The van der Waals surface area contributed by atoms with Crippen LogP contribution in [0.15, 0.2) is 83.7 Å². The van der Waals surface area contributed by atoms with E-state index in [2.05, 4.69) is 11.0 Å². The number of pyridine rings is 1. The highest BCUT2D eigenvalue weighted by atomic mass is 19.1. The fourth-order valence-electron chi connectivity index (χ4n) is 4.94. The highest BCUT2D eigenvalue weighted by Gasteiger charge is 2.23. The van der Waals surface area contributed by atoms with Crippen molar-refractivity contribution >= 4 is 0 Å². The van der Waals surface area contributed by atoms with Gasteiger partial charge in [-0.2, -0.15) is 0 Å². The lowest BCUT2D eigenvalue weighted by atomic mass is 9.98. The Morgan fingerprint density at radius 3 is 2.42 bits per heavy atom. The highest BCUT2D eigenvalue weighted by Crippen LogP contribution is 2.28. The quantitative estimate of drug-likeness (QED) is 0.406. The van der Waals surface area contributed by atoms with Crippen LogP contribution in [0.4, 0.5) is 4.39 Å². The molecule has 2 heterocycles. The summed E-state index contributed by atoms with van der Waals surface area (Å²) in [5, 5.41) is 9.92. The van der Waals surface area contributed by atoms with Gasteiger partial charge in [-0.1, -0.05) is 48.5 Å². The SMILES string of the molecule is COc1cc(CN2CCc3c(cc(Cc4ccccc4)c(=O)n3Cc3ccc(F)cc3)C2)ccc1O. The van der Waals surface area contributed by atoms with Gasteiger partial charge in [0.05, 0.1) is 13.7 Å². The first-order chi connectivity index (χ1) is 17.5. The zero-order valence-electron chi connectivity index (χ0n) is 20.3. The maximum Gasteiger partial charge on any atom is 0.254 e. The molecule has 5 nitrogen and oxygen atoms in total. The number of halogens is 1. The van der Waals surface area contributed by atoms with E-state index in [1.54, 1.807) is 25.3 Å². The van der Waals surface area contributed by atoms with Crippen molar-refractivity contribution in [2.45, 2.75) is 32.5 Å². The second-order valence-electron chi connectivity index (χ2n) is 9.29. The largest absolute Gasteiger partial charge is 0.504 e. The van der Waals surface area contributed by atoms with Gasteiger partial charge in [0.1, 0.15) is 5.82 Å². The lowest BCUT2D eigenvalue weighted by molar-refractivity contribution is 0.239. The number of nitrogens with zero attached hydrogens (tertiary/aromatic N) is 2. The number of methoxy groups -OCH3 is 1. The fraction of sp³-hybridized carbons (Fsp3) is 0.233. The molecule has 0 bridgehead atoms. The average molecular weight is 485 g/mol. The Morgan fingerprint density at radius 1 is 0.917 bits per heavy atom. The predicted octanol–water partition coefficient (Wildman–Crippen LogP) is 4.90. The van der Waals surface area contributed by atoms with Crippen molar-refractivity contribution in [3.63, 3.8) is 0 Å². The second kappa shape index (κ2) is 10.4. The van der Waals surface area contributed by atoms with Crippen molar-refractivity contribution < 1.29 is 14.2 Å². The van der Waals surface area contributed by atoms with Gasteiger partial charge in [-0.3, -0.25) is 9.69 Å². The lowest BCUT2D eigenvalue weighted by Gasteiger charge is -2.31. The Labute approximate surface area is 210 Å². The number of benzene rings is 3. The first-order valence-electron chi connectivity index (χ1n) is 12.1. The van der Waals surface area contributed by atoms with Gasteiger partial charge in [0.15, 0.2) is 11.5 Å². The smallest absolute Gasteiger partial charge is 0.254 e. The molecule has 184 valence electrons. The van der Waals surface area contributed by atoms with E-state index >= 15 is 0 Å². The first kappa shape index (κ1) is 23.8. The van der Waals surface area contributed by atoms with Crippen LogP contribution in [0.3, 0.4) is 0 Å². The average Bonchev–Trinajstić information content (AvgIpc) is 2.89. The number of aromatic nitrogens is 1. The highest BCUT2D eigenvalue weighted by molar-refractivity contribution is 5.42. The molecule has 0 spiro atoms. The van der Waals surface area contributed by atoms with Crippen molar-refractivity contribution in [3.8, 4) is 11.5 Å². The van der Waals surface area contributed by atoms with Gasteiger partial charge >= 0.3 is 0 Å². The maximum absolute atomic E-state index is 13.6. The summed E-state index contributed by atoms with van der Waals surface area (Å²) in [6.07, 6.45) is 1.30. The van der Waals surface area contributed by atoms with Crippen molar-refractivity contribution in [3.05, 3.63) is 129 Å². The zero-order valence-corrected chi connectivity index (χ0v) is 20.3. The third-order valence-corrected chi connectivity index (χ3v) is 6.77. The minimum Gasteiger partial charge on any atom is -0.504 e. The van der Waals surface area contributed by atoms with E-state index in [1.807, 2.05) is 47.0 Å². The van der Waals surface area contributed by atoms with Crippen LogP contribution >= 0.6 is 0 Å². The van der Waals surface area contributed by atoms with Gasteiger partial charge in [0.25, 0.3) is 5.56 Å². The van der Waals surface area contributed by atoms with E-state index in [0.717, 1.165) is 46.5 Å². The number of hydrogen-bond donors (Lipinski definition) is 1. The molecule has 0 fully saturated rings.